The summed E-state index contributed by atoms with van der Waals surface area (Å²) in [6.07, 6.45) is 0.324. The number of hydrogen-bond donors (Lipinski definition) is 0. The highest BCUT2D eigenvalue weighted by Gasteiger charge is 2.30. The van der Waals surface area contributed by atoms with Crippen LogP contribution in [0.25, 0.3) is 0 Å². The number of benzene rings is 1. The Hall–Kier alpha value is -1.32. The molecule has 0 aromatic heterocycles. The average Bonchev–Trinajstić information content (AvgIpc) is 2.24. The van der Waals surface area contributed by atoms with Crippen molar-refractivity contribution in [2.24, 2.45) is 0 Å². The quantitative estimate of drug-likeness (QED) is 0.727. The van der Waals surface area contributed by atoms with Crippen molar-refractivity contribution in [3.63, 3.8) is 0 Å². The Morgan fingerprint density at radius 3 is 1.85 bits per heavy atom. The molecular weight excluding hydrogens is 312 g/mol. The van der Waals surface area contributed by atoms with Crippen molar-refractivity contribution in [2.75, 3.05) is 0 Å². The molecule has 1 aromatic rings. The number of nitrogens with zero attached hydrogens (tertiary/aromatic N) is 2. The van der Waals surface area contributed by atoms with Gasteiger partial charge < -0.3 is 0 Å². The smallest absolute Gasteiger partial charge is 0.0998 e. The van der Waals surface area contributed by atoms with E-state index < -0.39 is 0 Å². The molecule has 0 atom stereocenters. The molecule has 0 radical (unpaired) electrons. The van der Waals surface area contributed by atoms with Crippen LogP contribution in [0.15, 0.2) is 10.5 Å². The van der Waals surface area contributed by atoms with Crippen LogP contribution in [0.2, 0.25) is 0 Å². The van der Waals surface area contributed by atoms with E-state index in [1.54, 1.807) is 0 Å². The fourth-order valence-electron chi connectivity index (χ4n) is 2.63. The van der Waals surface area contributed by atoms with E-state index in [1.165, 1.54) is 0 Å². The molecule has 0 bridgehead atoms. The number of hydrogen-bond acceptors (Lipinski definition) is 2. The zero-order valence-electron chi connectivity index (χ0n) is 13.1. The lowest BCUT2D eigenvalue weighted by molar-refractivity contribution is 0.559. The number of rotatable bonds is 1. The molecule has 106 valence electrons. The minimum Gasteiger partial charge on any atom is -0.198 e. The van der Waals surface area contributed by atoms with Gasteiger partial charge in [0.05, 0.1) is 24.1 Å². The SMILES string of the molecule is CC(C)(C)c1c(Br)cc(CC#N)c(C(C)(C)C)c1C#N. The van der Waals surface area contributed by atoms with E-state index in [2.05, 4.69) is 69.6 Å². The fourth-order valence-corrected chi connectivity index (χ4v) is 3.70. The van der Waals surface area contributed by atoms with Gasteiger partial charge in [-0.15, -0.1) is 0 Å². The summed E-state index contributed by atoms with van der Waals surface area (Å²) in [4.78, 5) is 0. The average molecular weight is 333 g/mol. The summed E-state index contributed by atoms with van der Waals surface area (Å²) in [5.41, 5.74) is 3.37. The molecule has 0 saturated carbocycles. The second-order valence-electron chi connectivity index (χ2n) is 7.09. The van der Waals surface area contributed by atoms with Gasteiger partial charge in [-0.1, -0.05) is 57.5 Å². The summed E-state index contributed by atoms with van der Waals surface area (Å²) >= 11 is 3.58. The summed E-state index contributed by atoms with van der Waals surface area (Å²) in [5.74, 6) is 0. The van der Waals surface area contributed by atoms with Gasteiger partial charge in [-0.25, -0.2) is 0 Å². The maximum absolute atomic E-state index is 9.69. The van der Waals surface area contributed by atoms with Gasteiger partial charge in [0, 0.05) is 4.47 Å². The maximum Gasteiger partial charge on any atom is 0.0998 e. The standard InChI is InChI=1S/C17H21BrN2/c1-16(2,3)14-11(7-8-19)9-13(18)15(12(14)10-20)17(4,5)6/h9H,7H2,1-6H3. The molecule has 0 unspecified atom stereocenters. The van der Waals surface area contributed by atoms with Gasteiger partial charge in [0.25, 0.3) is 0 Å². The molecule has 0 fully saturated rings. The van der Waals surface area contributed by atoms with E-state index in [0.29, 0.717) is 12.0 Å². The normalized spacial score (nSPS) is 11.8. The van der Waals surface area contributed by atoms with E-state index in [0.717, 1.165) is 21.2 Å². The molecule has 0 spiro atoms. The Morgan fingerprint density at radius 2 is 1.50 bits per heavy atom. The van der Waals surface area contributed by atoms with Gasteiger partial charge in [-0.3, -0.25) is 0 Å². The van der Waals surface area contributed by atoms with Crippen LogP contribution in [-0.2, 0) is 17.3 Å². The zero-order valence-corrected chi connectivity index (χ0v) is 14.6. The summed E-state index contributed by atoms with van der Waals surface area (Å²) in [6, 6.07) is 6.59. The Morgan fingerprint density at radius 1 is 1.00 bits per heavy atom. The largest absolute Gasteiger partial charge is 0.198 e. The molecule has 20 heavy (non-hydrogen) atoms. The van der Waals surface area contributed by atoms with Crippen molar-refractivity contribution >= 4 is 15.9 Å². The summed E-state index contributed by atoms with van der Waals surface area (Å²) in [7, 11) is 0. The minimum absolute atomic E-state index is 0.130. The van der Waals surface area contributed by atoms with Crippen molar-refractivity contribution in [1.82, 2.24) is 0 Å². The Balaban J connectivity index is 3.88. The van der Waals surface area contributed by atoms with Crippen LogP contribution < -0.4 is 0 Å². The summed E-state index contributed by atoms with van der Waals surface area (Å²) in [5, 5.41) is 18.7. The number of nitriles is 2. The Labute approximate surface area is 130 Å². The predicted molar refractivity (Wildman–Crippen MR) is 85.6 cm³/mol. The summed E-state index contributed by atoms with van der Waals surface area (Å²) < 4.78 is 0.916. The fraction of sp³-hybridized carbons (Fsp3) is 0.529. The molecule has 0 aliphatic heterocycles. The molecule has 0 aliphatic carbocycles. The van der Waals surface area contributed by atoms with Crippen LogP contribution in [0.4, 0.5) is 0 Å². The van der Waals surface area contributed by atoms with Crippen LogP contribution in [0.5, 0.6) is 0 Å². The monoisotopic (exact) mass is 332 g/mol. The molecule has 0 saturated heterocycles. The van der Waals surface area contributed by atoms with Crippen molar-refractivity contribution in [1.29, 1.82) is 10.5 Å². The third-order valence-electron chi connectivity index (χ3n) is 3.24. The van der Waals surface area contributed by atoms with Gasteiger partial charge in [0.15, 0.2) is 0 Å². The summed E-state index contributed by atoms with van der Waals surface area (Å²) in [6.45, 7) is 12.6. The van der Waals surface area contributed by atoms with Crippen LogP contribution in [-0.4, -0.2) is 0 Å². The van der Waals surface area contributed by atoms with Crippen molar-refractivity contribution in [3.05, 3.63) is 32.8 Å². The first-order chi connectivity index (χ1) is 9.04. The molecule has 0 aliphatic rings. The van der Waals surface area contributed by atoms with Crippen LogP contribution >= 0.6 is 15.9 Å². The highest BCUT2D eigenvalue weighted by molar-refractivity contribution is 9.10. The lowest BCUT2D eigenvalue weighted by Crippen LogP contribution is -2.22. The third kappa shape index (κ3) is 3.22. The van der Waals surface area contributed by atoms with Crippen molar-refractivity contribution in [3.8, 4) is 12.1 Å². The molecule has 0 heterocycles. The van der Waals surface area contributed by atoms with Gasteiger partial charge in [-0.2, -0.15) is 10.5 Å². The Kier molecular flexibility index (Phi) is 4.67. The molecular formula is C17H21BrN2. The van der Waals surface area contributed by atoms with E-state index in [-0.39, 0.29) is 10.8 Å². The second kappa shape index (κ2) is 5.58. The molecule has 3 heteroatoms. The van der Waals surface area contributed by atoms with Crippen LogP contribution in [0, 0.1) is 22.7 Å². The van der Waals surface area contributed by atoms with E-state index in [1.807, 2.05) is 6.07 Å². The first-order valence-corrected chi connectivity index (χ1v) is 7.46. The first-order valence-electron chi connectivity index (χ1n) is 6.67. The van der Waals surface area contributed by atoms with E-state index in [9.17, 15) is 5.26 Å². The lowest BCUT2D eigenvalue weighted by Gasteiger charge is -2.30. The molecule has 0 amide bonds. The van der Waals surface area contributed by atoms with Gasteiger partial charge >= 0.3 is 0 Å². The molecule has 1 aromatic carbocycles. The van der Waals surface area contributed by atoms with Gasteiger partial charge in [-0.05, 0) is 33.6 Å². The molecule has 2 nitrogen and oxygen atoms in total. The zero-order chi connectivity index (χ0) is 15.7. The van der Waals surface area contributed by atoms with E-state index in [4.69, 9.17) is 5.26 Å². The second-order valence-corrected chi connectivity index (χ2v) is 7.94. The van der Waals surface area contributed by atoms with Crippen molar-refractivity contribution < 1.29 is 0 Å². The van der Waals surface area contributed by atoms with E-state index >= 15 is 0 Å². The predicted octanol–water partition coefficient (Wildman–Crippen LogP) is 4.98. The van der Waals surface area contributed by atoms with Gasteiger partial charge in [0.1, 0.15) is 0 Å². The highest BCUT2D eigenvalue weighted by Crippen LogP contribution is 2.40. The maximum atomic E-state index is 9.69. The third-order valence-corrected chi connectivity index (χ3v) is 3.87. The minimum atomic E-state index is -0.169. The van der Waals surface area contributed by atoms with Crippen molar-refractivity contribution in [2.45, 2.75) is 58.8 Å². The molecule has 1 rings (SSSR count). The van der Waals surface area contributed by atoms with Crippen LogP contribution in [0.3, 0.4) is 0 Å². The van der Waals surface area contributed by atoms with Crippen LogP contribution in [0.1, 0.15) is 63.8 Å². The first kappa shape index (κ1) is 16.7. The highest BCUT2D eigenvalue weighted by atomic mass is 79.9. The lowest BCUT2D eigenvalue weighted by atomic mass is 9.74. The topological polar surface area (TPSA) is 47.6 Å². The Bertz CT molecular complexity index is 602. The van der Waals surface area contributed by atoms with Gasteiger partial charge in [0.2, 0.25) is 0 Å². The number of halogens is 1. The molecule has 0 N–H and O–H groups in total.